The Kier molecular flexibility index (Phi) is 8.85. The number of benzene rings is 8. The molecule has 286 valence electrons. The maximum absolute atomic E-state index is 6.16. The molecule has 0 saturated carbocycles. The number of para-hydroxylation sites is 2. The number of hydrogen-bond donors (Lipinski definition) is 0. The zero-order valence-corrected chi connectivity index (χ0v) is 33.2. The SMILES string of the molecule is CCCCc1ccc(-c2nc(-c3ccccc3)nc(-c3ccc(-n4c5ccccc5c5cc(-c6ccc7oc8ccccc8c7c6)ccc54)c(-c4ccccc4)c3)n2)cc1. The molecule has 60 heavy (non-hydrogen) atoms. The van der Waals surface area contributed by atoms with Gasteiger partial charge in [-0.1, -0.05) is 147 Å². The fourth-order valence-corrected chi connectivity index (χ4v) is 8.59. The van der Waals surface area contributed by atoms with Crippen LogP contribution in [0.3, 0.4) is 0 Å². The van der Waals surface area contributed by atoms with E-state index < -0.39 is 0 Å². The Balaban J connectivity index is 1.07. The van der Waals surface area contributed by atoms with Crippen LogP contribution in [0.15, 0.2) is 192 Å². The average Bonchev–Trinajstić information content (AvgIpc) is 3.86. The second-order valence-corrected chi connectivity index (χ2v) is 15.5. The Morgan fingerprint density at radius 1 is 0.417 bits per heavy atom. The van der Waals surface area contributed by atoms with Gasteiger partial charge in [-0.15, -0.1) is 0 Å². The van der Waals surface area contributed by atoms with Crippen LogP contribution in [0.4, 0.5) is 0 Å². The summed E-state index contributed by atoms with van der Waals surface area (Å²) < 4.78 is 8.56. The predicted octanol–water partition coefficient (Wildman–Crippen LogP) is 14.5. The van der Waals surface area contributed by atoms with Crippen LogP contribution in [-0.4, -0.2) is 19.5 Å². The van der Waals surface area contributed by atoms with Gasteiger partial charge in [0.15, 0.2) is 17.5 Å². The van der Waals surface area contributed by atoms with Gasteiger partial charge in [0.2, 0.25) is 0 Å². The normalized spacial score (nSPS) is 11.6. The van der Waals surface area contributed by atoms with Crippen LogP contribution in [0.5, 0.6) is 0 Å². The van der Waals surface area contributed by atoms with Crippen LogP contribution >= 0.6 is 0 Å². The Hall–Kier alpha value is -7.63. The molecule has 0 bridgehead atoms. The average molecular weight is 773 g/mol. The summed E-state index contributed by atoms with van der Waals surface area (Å²) in [6, 6.07) is 66.4. The summed E-state index contributed by atoms with van der Waals surface area (Å²) in [5, 5.41) is 4.64. The molecule has 11 rings (SSSR count). The molecule has 0 N–H and O–H groups in total. The van der Waals surface area contributed by atoms with Crippen molar-refractivity contribution in [2.75, 3.05) is 0 Å². The van der Waals surface area contributed by atoms with Gasteiger partial charge in [-0.25, -0.2) is 15.0 Å². The molecular formula is C55H40N4O. The van der Waals surface area contributed by atoms with Crippen molar-refractivity contribution < 1.29 is 4.42 Å². The van der Waals surface area contributed by atoms with E-state index in [0.29, 0.717) is 17.5 Å². The number of aryl methyl sites for hydroxylation is 1. The molecule has 5 heteroatoms. The topological polar surface area (TPSA) is 56.7 Å². The van der Waals surface area contributed by atoms with E-state index in [0.717, 1.165) is 84.0 Å². The van der Waals surface area contributed by atoms with Gasteiger partial charge in [0.1, 0.15) is 11.2 Å². The van der Waals surface area contributed by atoms with Crippen molar-refractivity contribution in [2.24, 2.45) is 0 Å². The molecule has 3 heterocycles. The maximum Gasteiger partial charge on any atom is 0.164 e. The van der Waals surface area contributed by atoms with Crippen LogP contribution in [0, 0.1) is 0 Å². The first-order valence-electron chi connectivity index (χ1n) is 20.7. The molecule has 11 aromatic rings. The summed E-state index contributed by atoms with van der Waals surface area (Å²) in [4.78, 5) is 15.3. The number of unbranched alkanes of at least 4 members (excludes halogenated alkanes) is 1. The lowest BCUT2D eigenvalue weighted by Gasteiger charge is -2.16. The number of rotatable bonds is 9. The zero-order valence-electron chi connectivity index (χ0n) is 33.2. The van der Waals surface area contributed by atoms with E-state index in [1.807, 2.05) is 30.3 Å². The molecule has 0 atom stereocenters. The fraction of sp³-hybridized carbons (Fsp3) is 0.0727. The highest BCUT2D eigenvalue weighted by atomic mass is 16.3. The van der Waals surface area contributed by atoms with E-state index >= 15 is 0 Å². The molecule has 8 aromatic carbocycles. The first kappa shape index (κ1) is 35.5. The van der Waals surface area contributed by atoms with Crippen molar-refractivity contribution in [1.29, 1.82) is 0 Å². The van der Waals surface area contributed by atoms with Crippen molar-refractivity contribution >= 4 is 43.7 Å². The Labute approximate surface area is 348 Å². The summed E-state index contributed by atoms with van der Waals surface area (Å²) in [7, 11) is 0. The van der Waals surface area contributed by atoms with Crippen molar-refractivity contribution in [3.05, 3.63) is 194 Å². The van der Waals surface area contributed by atoms with Crippen molar-refractivity contribution in [3.63, 3.8) is 0 Å². The molecule has 0 spiro atoms. The standard InChI is InChI=1S/C55H40N4O/c1-2-3-14-36-23-25-39(26-24-36)54-56-53(38-17-8-5-9-18-38)57-55(58-54)42-28-31-49(45(35-42)37-15-6-4-7-16-37)59-48-21-12-10-19-43(48)46-33-40(27-30-50(46)59)41-29-32-52-47(34-41)44-20-11-13-22-51(44)60-52/h4-13,15-35H,2-3,14H2,1H3. The van der Waals surface area contributed by atoms with Gasteiger partial charge in [-0.3, -0.25) is 0 Å². The molecule has 5 nitrogen and oxygen atoms in total. The van der Waals surface area contributed by atoms with Crippen molar-refractivity contribution in [1.82, 2.24) is 19.5 Å². The minimum atomic E-state index is 0.631. The molecule has 0 radical (unpaired) electrons. The Bertz CT molecular complexity index is 3350. The minimum absolute atomic E-state index is 0.631. The highest BCUT2D eigenvalue weighted by molar-refractivity contribution is 6.12. The third-order valence-corrected chi connectivity index (χ3v) is 11.7. The zero-order chi connectivity index (χ0) is 40.0. The van der Waals surface area contributed by atoms with Crippen LogP contribution in [0.2, 0.25) is 0 Å². The monoisotopic (exact) mass is 772 g/mol. The van der Waals surface area contributed by atoms with Gasteiger partial charge in [-0.2, -0.15) is 0 Å². The smallest absolute Gasteiger partial charge is 0.164 e. The molecule has 0 amide bonds. The predicted molar refractivity (Wildman–Crippen MR) is 247 cm³/mol. The second-order valence-electron chi connectivity index (χ2n) is 15.5. The third kappa shape index (κ3) is 6.32. The van der Waals surface area contributed by atoms with Crippen molar-refractivity contribution in [2.45, 2.75) is 26.2 Å². The summed E-state index contributed by atoms with van der Waals surface area (Å²) in [5.74, 6) is 1.94. The summed E-state index contributed by atoms with van der Waals surface area (Å²) in [5.41, 5.74) is 13.8. The van der Waals surface area contributed by atoms with Gasteiger partial charge in [0.05, 0.1) is 16.7 Å². The number of hydrogen-bond acceptors (Lipinski definition) is 4. The van der Waals surface area contributed by atoms with Crippen LogP contribution in [0.25, 0.3) is 106 Å². The molecule has 3 aromatic heterocycles. The van der Waals surface area contributed by atoms with Gasteiger partial charge < -0.3 is 8.98 Å². The van der Waals surface area contributed by atoms with E-state index in [4.69, 9.17) is 19.4 Å². The van der Waals surface area contributed by atoms with Gasteiger partial charge in [0, 0.05) is 43.8 Å². The van der Waals surface area contributed by atoms with E-state index in [-0.39, 0.29) is 0 Å². The summed E-state index contributed by atoms with van der Waals surface area (Å²) in [6.07, 6.45) is 3.41. The third-order valence-electron chi connectivity index (χ3n) is 11.7. The lowest BCUT2D eigenvalue weighted by Crippen LogP contribution is -2.02. The molecule has 0 aliphatic rings. The van der Waals surface area contributed by atoms with E-state index in [2.05, 4.69) is 169 Å². The number of nitrogens with zero attached hydrogens (tertiary/aromatic N) is 4. The molecule has 0 unspecified atom stereocenters. The van der Waals surface area contributed by atoms with Gasteiger partial charge >= 0.3 is 0 Å². The van der Waals surface area contributed by atoms with Gasteiger partial charge in [-0.05, 0) is 89.7 Å². The highest BCUT2D eigenvalue weighted by Gasteiger charge is 2.20. The molecule has 0 aliphatic carbocycles. The summed E-state index contributed by atoms with van der Waals surface area (Å²) >= 11 is 0. The van der Waals surface area contributed by atoms with Crippen LogP contribution < -0.4 is 0 Å². The number of furan rings is 1. The van der Waals surface area contributed by atoms with Crippen molar-refractivity contribution in [3.8, 4) is 62.1 Å². The first-order chi connectivity index (χ1) is 29.7. The van der Waals surface area contributed by atoms with Crippen LogP contribution in [-0.2, 0) is 6.42 Å². The van der Waals surface area contributed by atoms with E-state index in [1.165, 1.54) is 29.2 Å². The van der Waals surface area contributed by atoms with E-state index in [9.17, 15) is 0 Å². The lowest BCUT2D eigenvalue weighted by molar-refractivity contribution is 0.669. The first-order valence-corrected chi connectivity index (χ1v) is 20.7. The maximum atomic E-state index is 6.16. The number of fused-ring (bicyclic) bond motifs is 6. The molecule has 0 fully saturated rings. The van der Waals surface area contributed by atoms with Crippen LogP contribution in [0.1, 0.15) is 25.3 Å². The lowest BCUT2D eigenvalue weighted by atomic mass is 9.99. The Morgan fingerprint density at radius 2 is 0.967 bits per heavy atom. The molecular weight excluding hydrogens is 733 g/mol. The minimum Gasteiger partial charge on any atom is -0.456 e. The Morgan fingerprint density at radius 3 is 1.72 bits per heavy atom. The molecule has 0 aliphatic heterocycles. The fourth-order valence-electron chi connectivity index (χ4n) is 8.59. The highest BCUT2D eigenvalue weighted by Crippen LogP contribution is 2.40. The second kappa shape index (κ2) is 14.9. The summed E-state index contributed by atoms with van der Waals surface area (Å²) in [6.45, 7) is 2.23. The number of aromatic nitrogens is 4. The van der Waals surface area contributed by atoms with Gasteiger partial charge in [0.25, 0.3) is 0 Å². The largest absolute Gasteiger partial charge is 0.456 e. The molecule has 0 saturated heterocycles. The van der Waals surface area contributed by atoms with E-state index in [1.54, 1.807) is 0 Å². The quantitative estimate of drug-likeness (QED) is 0.147.